The zero-order chi connectivity index (χ0) is 21.4. The normalized spacial score (nSPS) is 34.2. The number of phosphoric acid groups is 1. The molecule has 0 saturated carbocycles. The number of nitrogens with zero attached hydrogens (tertiary/aromatic N) is 1. The monoisotopic (exact) mass is 433 g/mol. The number of nitrogens with two attached hydrogens (primary N) is 1. The summed E-state index contributed by atoms with van der Waals surface area (Å²) in [5, 5.41) is 0. The summed E-state index contributed by atoms with van der Waals surface area (Å²) in [5.74, 6) is -0.508. The quantitative estimate of drug-likeness (QED) is 0.462. The molecule has 0 radical (unpaired) electrons. The maximum Gasteiger partial charge on any atom is 0.475 e. The lowest BCUT2D eigenvalue weighted by molar-refractivity contribution is -0.148. The number of nitrogens with one attached hydrogen (secondary N) is 1. The van der Waals surface area contributed by atoms with Gasteiger partial charge in [-0.1, -0.05) is 0 Å². The Bertz CT molecular complexity index is 925. The molecule has 1 unspecified atom stereocenters. The Balaban J connectivity index is 1.69. The number of aromatic amines is 1. The van der Waals surface area contributed by atoms with Crippen molar-refractivity contribution in [3.05, 3.63) is 33.1 Å². The third-order valence-electron chi connectivity index (χ3n) is 4.45. The van der Waals surface area contributed by atoms with E-state index in [9.17, 15) is 18.9 Å². The zero-order valence-corrected chi connectivity index (χ0v) is 17.1. The molecule has 2 fully saturated rings. The number of rotatable bonds is 6. The van der Waals surface area contributed by atoms with Crippen LogP contribution in [-0.4, -0.2) is 52.6 Å². The van der Waals surface area contributed by atoms with E-state index in [-0.39, 0.29) is 25.7 Å². The van der Waals surface area contributed by atoms with Crippen molar-refractivity contribution in [1.82, 2.24) is 9.55 Å². The summed E-state index contributed by atoms with van der Waals surface area (Å²) >= 11 is 0. The molecule has 0 aliphatic carbocycles. The minimum absolute atomic E-state index is 0.130. The van der Waals surface area contributed by atoms with E-state index in [1.165, 1.54) is 6.20 Å². The lowest BCUT2D eigenvalue weighted by Crippen LogP contribution is -2.55. The Hall–Kier alpha value is -1.82. The van der Waals surface area contributed by atoms with Gasteiger partial charge in [0.2, 0.25) is 0 Å². The number of carbonyl (C=O) groups is 1. The van der Waals surface area contributed by atoms with Gasteiger partial charge in [0.15, 0.2) is 6.23 Å². The van der Waals surface area contributed by atoms with Crippen LogP contribution in [0.2, 0.25) is 0 Å². The van der Waals surface area contributed by atoms with Crippen LogP contribution in [0.25, 0.3) is 0 Å². The predicted molar refractivity (Wildman–Crippen MR) is 98.1 cm³/mol. The summed E-state index contributed by atoms with van der Waals surface area (Å²) in [7, 11) is -4.00. The third kappa shape index (κ3) is 4.68. The molecule has 3 N–H and O–H groups in total. The zero-order valence-electron chi connectivity index (χ0n) is 16.2. The van der Waals surface area contributed by atoms with Crippen molar-refractivity contribution in [1.29, 1.82) is 0 Å². The molecule has 0 bridgehead atoms. The van der Waals surface area contributed by atoms with Gasteiger partial charge >= 0.3 is 19.5 Å². The summed E-state index contributed by atoms with van der Waals surface area (Å²) in [6.45, 7) is 4.60. The molecule has 0 spiro atoms. The fourth-order valence-electron chi connectivity index (χ4n) is 3.17. The van der Waals surface area contributed by atoms with Crippen LogP contribution in [0.4, 0.5) is 0 Å². The molecular weight excluding hydrogens is 409 g/mol. The number of fused-ring (bicyclic) bond motifs is 1. The molecule has 29 heavy (non-hydrogen) atoms. The lowest BCUT2D eigenvalue weighted by atomic mass is 9.93. The Morgan fingerprint density at radius 2 is 2.21 bits per heavy atom. The van der Waals surface area contributed by atoms with Gasteiger partial charge in [0.25, 0.3) is 5.56 Å². The first-order valence-corrected chi connectivity index (χ1v) is 10.5. The van der Waals surface area contributed by atoms with Crippen LogP contribution >= 0.6 is 7.82 Å². The molecule has 2 aliphatic heterocycles. The Morgan fingerprint density at radius 1 is 1.48 bits per heavy atom. The highest BCUT2D eigenvalue weighted by molar-refractivity contribution is 7.48. The summed E-state index contributed by atoms with van der Waals surface area (Å²) in [6, 6.07) is 1.16. The molecule has 12 nitrogen and oxygen atoms in total. The topological polar surface area (TPSA) is 161 Å². The van der Waals surface area contributed by atoms with Gasteiger partial charge in [-0.25, -0.2) is 9.36 Å². The maximum absolute atomic E-state index is 12.8. The van der Waals surface area contributed by atoms with Gasteiger partial charge in [0, 0.05) is 12.3 Å². The molecule has 0 amide bonds. The molecule has 1 aromatic rings. The van der Waals surface area contributed by atoms with E-state index in [1.54, 1.807) is 20.8 Å². The van der Waals surface area contributed by atoms with Crippen LogP contribution < -0.4 is 17.0 Å². The van der Waals surface area contributed by atoms with Crippen molar-refractivity contribution in [3.63, 3.8) is 0 Å². The SMILES string of the molecule is CC(C)OC(=O)CCOP1(=O)OC[C@H]2O[C@@H](n3ccc(=O)[nH]c3=O)[C@](C)(N)[C@@H]2O1. The number of esters is 1. The van der Waals surface area contributed by atoms with Crippen molar-refractivity contribution < 1.29 is 32.4 Å². The highest BCUT2D eigenvalue weighted by Crippen LogP contribution is 2.58. The number of hydrogen-bond acceptors (Lipinski definition) is 10. The van der Waals surface area contributed by atoms with Crippen molar-refractivity contribution in [2.24, 2.45) is 5.73 Å². The second-order valence-electron chi connectivity index (χ2n) is 7.30. The molecule has 3 rings (SSSR count). The van der Waals surface area contributed by atoms with Crippen molar-refractivity contribution >= 4 is 13.8 Å². The fraction of sp³-hybridized carbons (Fsp3) is 0.688. The van der Waals surface area contributed by atoms with Crippen LogP contribution in [0.5, 0.6) is 0 Å². The maximum atomic E-state index is 12.8. The number of ether oxygens (including phenoxy) is 2. The first-order valence-electron chi connectivity index (χ1n) is 9.04. The second-order valence-corrected chi connectivity index (χ2v) is 8.92. The summed E-state index contributed by atoms with van der Waals surface area (Å²) in [5.41, 5.74) is 3.79. The third-order valence-corrected chi connectivity index (χ3v) is 5.90. The highest BCUT2D eigenvalue weighted by Gasteiger charge is 2.59. The standard InChI is InChI=1S/C16H24N3O9P/c1-9(2)26-12(21)5-7-24-29(23)25-8-10-13(28-29)16(3,17)14(27-10)19-6-4-11(20)18-15(19)22/h4,6,9-10,13-14H,5,7-8,17H2,1-3H3,(H,18,20,22)/t10-,13-,14-,16-,29?/m1/s1. The van der Waals surface area contributed by atoms with Gasteiger partial charge in [-0.2, -0.15) is 0 Å². The molecule has 2 aliphatic rings. The van der Waals surface area contributed by atoms with Gasteiger partial charge < -0.3 is 15.2 Å². The summed E-state index contributed by atoms with van der Waals surface area (Å²) < 4.78 is 40.6. The van der Waals surface area contributed by atoms with Crippen LogP contribution in [-0.2, 0) is 32.4 Å². The molecule has 1 aromatic heterocycles. The van der Waals surface area contributed by atoms with Crippen LogP contribution in [0.1, 0.15) is 33.4 Å². The van der Waals surface area contributed by atoms with E-state index in [2.05, 4.69) is 4.98 Å². The van der Waals surface area contributed by atoms with Crippen molar-refractivity contribution in [2.75, 3.05) is 13.2 Å². The minimum Gasteiger partial charge on any atom is -0.463 e. The predicted octanol–water partition coefficient (Wildman–Crippen LogP) is 0.0332. The van der Waals surface area contributed by atoms with E-state index >= 15 is 0 Å². The average Bonchev–Trinajstić information content (AvgIpc) is 2.85. The molecule has 13 heteroatoms. The van der Waals surface area contributed by atoms with Crippen LogP contribution in [0.3, 0.4) is 0 Å². The van der Waals surface area contributed by atoms with E-state index in [4.69, 9.17) is 28.8 Å². The minimum atomic E-state index is -4.00. The summed E-state index contributed by atoms with van der Waals surface area (Å²) in [4.78, 5) is 37.1. The second kappa shape index (κ2) is 8.13. The summed E-state index contributed by atoms with van der Waals surface area (Å²) in [6.07, 6.45) is -1.79. The molecule has 0 aromatic carbocycles. The van der Waals surface area contributed by atoms with E-state index < -0.39 is 49.0 Å². The molecule has 2 saturated heterocycles. The Kier molecular flexibility index (Phi) is 6.13. The number of H-pyrrole nitrogens is 1. The van der Waals surface area contributed by atoms with Gasteiger partial charge in [-0.05, 0) is 20.8 Å². The highest BCUT2D eigenvalue weighted by atomic mass is 31.2. The molecule has 162 valence electrons. The van der Waals surface area contributed by atoms with E-state index in [0.29, 0.717) is 0 Å². The Morgan fingerprint density at radius 3 is 2.86 bits per heavy atom. The number of phosphoric ester groups is 1. The molecule has 3 heterocycles. The number of aromatic nitrogens is 2. The number of carbonyl (C=O) groups excluding carboxylic acids is 1. The number of hydrogen-bond donors (Lipinski definition) is 2. The van der Waals surface area contributed by atoms with E-state index in [1.807, 2.05) is 0 Å². The van der Waals surface area contributed by atoms with Gasteiger partial charge in [-0.3, -0.25) is 32.7 Å². The van der Waals surface area contributed by atoms with Gasteiger partial charge in [0.1, 0.15) is 12.2 Å². The Labute approximate surface area is 165 Å². The molecule has 5 atom stereocenters. The van der Waals surface area contributed by atoms with Crippen molar-refractivity contribution in [3.8, 4) is 0 Å². The largest absolute Gasteiger partial charge is 0.475 e. The molecular formula is C16H24N3O9P. The van der Waals surface area contributed by atoms with Crippen molar-refractivity contribution in [2.45, 2.75) is 57.3 Å². The lowest BCUT2D eigenvalue weighted by Gasteiger charge is -2.35. The van der Waals surface area contributed by atoms with Gasteiger partial charge in [0.05, 0.1) is 31.3 Å². The van der Waals surface area contributed by atoms with Crippen LogP contribution in [0, 0.1) is 0 Å². The van der Waals surface area contributed by atoms with Crippen LogP contribution in [0.15, 0.2) is 21.9 Å². The van der Waals surface area contributed by atoms with Gasteiger partial charge in [-0.15, -0.1) is 0 Å². The first kappa shape index (κ1) is 21.9. The first-order chi connectivity index (χ1) is 13.5. The smallest absolute Gasteiger partial charge is 0.463 e. The van der Waals surface area contributed by atoms with E-state index in [0.717, 1.165) is 10.6 Å². The average molecular weight is 433 g/mol. The fourth-order valence-corrected chi connectivity index (χ4v) is 4.66.